The summed E-state index contributed by atoms with van der Waals surface area (Å²) in [7, 11) is 0. The number of nitrogens with zero attached hydrogens (tertiary/aromatic N) is 2. The van der Waals surface area contributed by atoms with Crippen molar-refractivity contribution in [2.75, 3.05) is 4.90 Å². The van der Waals surface area contributed by atoms with Crippen molar-refractivity contribution in [2.24, 2.45) is 11.8 Å². The maximum Gasteiger partial charge on any atom is 0.269 e. The monoisotopic (exact) mass is 427 g/mol. The highest BCUT2D eigenvalue weighted by Crippen LogP contribution is 2.46. The van der Waals surface area contributed by atoms with Gasteiger partial charge >= 0.3 is 0 Å². The highest BCUT2D eigenvalue weighted by Gasteiger charge is 2.59. The number of carbonyl (C=O) groups is 2. The van der Waals surface area contributed by atoms with Gasteiger partial charge in [0.25, 0.3) is 5.69 Å². The van der Waals surface area contributed by atoms with Crippen LogP contribution in [0.3, 0.4) is 0 Å². The quantitative estimate of drug-likeness (QED) is 0.381. The first-order valence-electron chi connectivity index (χ1n) is 10.5. The third-order valence-corrected chi connectivity index (χ3v) is 6.36. The fourth-order valence-electron chi connectivity index (χ4n) is 4.92. The first-order valence-corrected chi connectivity index (χ1v) is 10.5. The van der Waals surface area contributed by atoms with Crippen molar-refractivity contribution < 1.29 is 14.5 Å². The summed E-state index contributed by atoms with van der Waals surface area (Å²) in [5.41, 5.74) is 2.39. The minimum atomic E-state index is -0.571. The molecule has 32 heavy (non-hydrogen) atoms. The zero-order valence-electron chi connectivity index (χ0n) is 17.1. The van der Waals surface area contributed by atoms with Crippen molar-refractivity contribution in [1.82, 2.24) is 5.32 Å². The molecule has 2 fully saturated rings. The van der Waals surface area contributed by atoms with Gasteiger partial charge in [-0.3, -0.25) is 19.7 Å². The van der Waals surface area contributed by atoms with Gasteiger partial charge < -0.3 is 5.32 Å². The summed E-state index contributed by atoms with van der Waals surface area (Å²) in [6, 6.07) is 24.4. The lowest BCUT2D eigenvalue weighted by Gasteiger charge is -2.23. The largest absolute Gasteiger partial charge is 0.305 e. The van der Waals surface area contributed by atoms with E-state index in [1.807, 2.05) is 36.4 Å². The fourth-order valence-corrected chi connectivity index (χ4v) is 4.92. The number of nitro benzene ring substituents is 1. The van der Waals surface area contributed by atoms with E-state index in [1.54, 1.807) is 36.4 Å². The van der Waals surface area contributed by atoms with Crippen LogP contribution in [0, 0.1) is 22.0 Å². The molecule has 5 rings (SSSR count). The van der Waals surface area contributed by atoms with Gasteiger partial charge in [0, 0.05) is 24.2 Å². The molecule has 160 valence electrons. The molecule has 4 atom stereocenters. The number of imide groups is 1. The number of amides is 2. The van der Waals surface area contributed by atoms with E-state index < -0.39 is 22.8 Å². The fraction of sp³-hybridized carbons (Fsp3) is 0.200. The van der Waals surface area contributed by atoms with Crippen LogP contribution in [0.4, 0.5) is 11.4 Å². The lowest BCUT2D eigenvalue weighted by atomic mass is 9.85. The molecule has 2 amide bonds. The van der Waals surface area contributed by atoms with Crippen LogP contribution in [0.15, 0.2) is 84.9 Å². The summed E-state index contributed by atoms with van der Waals surface area (Å²) >= 11 is 0. The Kier molecular flexibility index (Phi) is 5.03. The first-order chi connectivity index (χ1) is 15.5. The van der Waals surface area contributed by atoms with Gasteiger partial charge in [0.2, 0.25) is 11.8 Å². The van der Waals surface area contributed by atoms with E-state index in [0.717, 1.165) is 11.1 Å². The number of non-ortho nitro benzene ring substituents is 1. The van der Waals surface area contributed by atoms with Gasteiger partial charge in [0.1, 0.15) is 0 Å². The van der Waals surface area contributed by atoms with Crippen LogP contribution < -0.4 is 10.2 Å². The molecular weight excluding hydrogens is 406 g/mol. The number of fused-ring (bicyclic) bond motifs is 1. The molecule has 0 unspecified atom stereocenters. The minimum Gasteiger partial charge on any atom is -0.305 e. The van der Waals surface area contributed by atoms with Gasteiger partial charge in [-0.1, -0.05) is 60.7 Å². The second-order valence-electron chi connectivity index (χ2n) is 8.19. The maximum atomic E-state index is 13.5. The van der Waals surface area contributed by atoms with Gasteiger partial charge in [0.15, 0.2) is 0 Å². The number of para-hydroxylation sites is 1. The van der Waals surface area contributed by atoms with E-state index in [1.165, 1.54) is 17.0 Å². The standard InChI is InChI=1S/C25H21N3O4/c29-24-21-20(15-16-7-3-1-4-8-16)26-23(17-11-13-19(14-12-17)28(31)32)22(21)25(30)27(24)18-9-5-2-6-10-18/h1-14,20-23,26H,15H2/t20-,21+,22+,23-/m0/s1. The average molecular weight is 427 g/mol. The van der Waals surface area contributed by atoms with Crippen molar-refractivity contribution in [2.45, 2.75) is 18.5 Å². The number of anilines is 1. The molecule has 2 heterocycles. The maximum absolute atomic E-state index is 13.5. The number of benzene rings is 3. The van der Waals surface area contributed by atoms with Crippen molar-refractivity contribution >= 4 is 23.2 Å². The topological polar surface area (TPSA) is 92.6 Å². The summed E-state index contributed by atoms with van der Waals surface area (Å²) in [4.78, 5) is 38.9. The van der Waals surface area contributed by atoms with E-state index in [-0.39, 0.29) is 23.5 Å². The SMILES string of the molecule is O=C1[C@@H]2[C@H](C(=O)N1c1ccccc1)[C@H](Cc1ccccc1)N[C@H]2c1ccc([N+](=O)[O-])cc1. The van der Waals surface area contributed by atoms with Crippen molar-refractivity contribution in [1.29, 1.82) is 0 Å². The molecule has 2 aliphatic heterocycles. The second-order valence-corrected chi connectivity index (χ2v) is 8.19. The number of nitro groups is 1. The van der Waals surface area contributed by atoms with Crippen LogP contribution in [0.5, 0.6) is 0 Å². The zero-order valence-corrected chi connectivity index (χ0v) is 17.1. The normalized spacial score (nSPS) is 24.6. The van der Waals surface area contributed by atoms with Crippen LogP contribution >= 0.6 is 0 Å². The Hall–Kier alpha value is -3.84. The molecule has 2 aliphatic rings. The van der Waals surface area contributed by atoms with E-state index in [9.17, 15) is 19.7 Å². The Morgan fingerprint density at radius 1 is 0.812 bits per heavy atom. The van der Waals surface area contributed by atoms with E-state index in [0.29, 0.717) is 12.1 Å². The summed E-state index contributed by atoms with van der Waals surface area (Å²) in [6.45, 7) is 0. The average Bonchev–Trinajstić information content (AvgIpc) is 3.31. The number of nitrogens with one attached hydrogen (secondary N) is 1. The number of rotatable bonds is 5. The van der Waals surface area contributed by atoms with Crippen LogP contribution in [0.25, 0.3) is 0 Å². The van der Waals surface area contributed by atoms with Crippen molar-refractivity contribution in [3.05, 3.63) is 106 Å². The van der Waals surface area contributed by atoms with Gasteiger partial charge in [-0.25, -0.2) is 4.90 Å². The third-order valence-electron chi connectivity index (χ3n) is 6.36. The molecule has 0 saturated carbocycles. The minimum absolute atomic E-state index is 0.0103. The van der Waals surface area contributed by atoms with Crippen LogP contribution in [0.1, 0.15) is 17.2 Å². The van der Waals surface area contributed by atoms with Crippen molar-refractivity contribution in [3.8, 4) is 0 Å². The smallest absolute Gasteiger partial charge is 0.269 e. The molecule has 0 spiro atoms. The molecule has 0 aromatic heterocycles. The highest BCUT2D eigenvalue weighted by molar-refractivity contribution is 6.22. The predicted octanol–water partition coefficient (Wildman–Crippen LogP) is 3.66. The zero-order chi connectivity index (χ0) is 22.2. The van der Waals surface area contributed by atoms with Gasteiger partial charge in [-0.05, 0) is 29.7 Å². The van der Waals surface area contributed by atoms with Crippen LogP contribution in [-0.2, 0) is 16.0 Å². The third kappa shape index (κ3) is 3.36. The Balaban J connectivity index is 1.53. The van der Waals surface area contributed by atoms with Gasteiger partial charge in [-0.15, -0.1) is 0 Å². The van der Waals surface area contributed by atoms with Gasteiger partial charge in [0.05, 0.1) is 22.4 Å². The van der Waals surface area contributed by atoms with Crippen LogP contribution in [-0.4, -0.2) is 22.8 Å². The summed E-state index contributed by atoms with van der Waals surface area (Å²) in [5.74, 6) is -1.53. The molecule has 1 N–H and O–H groups in total. The molecule has 7 heteroatoms. The molecule has 0 bridgehead atoms. The summed E-state index contributed by atoms with van der Waals surface area (Å²) in [6.07, 6.45) is 0.604. The second kappa shape index (κ2) is 8.01. The lowest BCUT2D eigenvalue weighted by Crippen LogP contribution is -2.40. The van der Waals surface area contributed by atoms with Gasteiger partial charge in [-0.2, -0.15) is 0 Å². The predicted molar refractivity (Wildman–Crippen MR) is 119 cm³/mol. The summed E-state index contributed by atoms with van der Waals surface area (Å²) in [5, 5.41) is 14.6. The Morgan fingerprint density at radius 2 is 1.41 bits per heavy atom. The van der Waals surface area contributed by atoms with E-state index in [4.69, 9.17) is 0 Å². The Labute approximate surface area is 184 Å². The molecule has 3 aromatic carbocycles. The molecule has 7 nitrogen and oxygen atoms in total. The highest BCUT2D eigenvalue weighted by atomic mass is 16.6. The number of hydrogen-bond donors (Lipinski definition) is 1. The number of hydrogen-bond acceptors (Lipinski definition) is 5. The molecule has 0 radical (unpaired) electrons. The van der Waals surface area contributed by atoms with E-state index in [2.05, 4.69) is 5.32 Å². The number of carbonyl (C=O) groups excluding carboxylic acids is 2. The van der Waals surface area contributed by atoms with Crippen LogP contribution in [0.2, 0.25) is 0 Å². The Bertz CT molecular complexity index is 1160. The van der Waals surface area contributed by atoms with E-state index >= 15 is 0 Å². The van der Waals surface area contributed by atoms with Crippen molar-refractivity contribution in [3.63, 3.8) is 0 Å². The molecule has 3 aromatic rings. The lowest BCUT2D eigenvalue weighted by molar-refractivity contribution is -0.384. The molecule has 2 saturated heterocycles. The summed E-state index contributed by atoms with van der Waals surface area (Å²) < 4.78 is 0. The molecular formula is C25H21N3O4. The first kappa shape index (κ1) is 20.1. The molecule has 0 aliphatic carbocycles. The Morgan fingerprint density at radius 3 is 2.03 bits per heavy atom.